The third-order valence-corrected chi connectivity index (χ3v) is 4.36. The molecule has 1 aromatic heterocycles. The van der Waals surface area contributed by atoms with E-state index in [-0.39, 0.29) is 22.0 Å². The molecular weight excluding hydrogens is 310 g/mol. The van der Waals surface area contributed by atoms with E-state index in [1.54, 1.807) is 0 Å². The van der Waals surface area contributed by atoms with Crippen molar-refractivity contribution in [3.63, 3.8) is 0 Å². The highest BCUT2D eigenvalue weighted by atomic mass is 35.5. The number of rotatable bonds is 4. The van der Waals surface area contributed by atoms with Crippen LogP contribution in [0.25, 0.3) is 0 Å². The molecule has 0 aliphatic heterocycles. The number of nitrogens with one attached hydrogen (secondary N) is 1. The van der Waals surface area contributed by atoms with Crippen molar-refractivity contribution in [3.05, 3.63) is 58.9 Å². The zero-order valence-electron chi connectivity index (χ0n) is 9.98. The molecule has 0 spiro atoms. The van der Waals surface area contributed by atoms with Crippen LogP contribution in [-0.4, -0.2) is 13.4 Å². The van der Waals surface area contributed by atoms with E-state index < -0.39 is 21.7 Å². The van der Waals surface area contributed by atoms with Crippen molar-refractivity contribution in [2.75, 3.05) is 0 Å². The second-order valence-electron chi connectivity index (χ2n) is 3.87. The molecule has 0 bridgehead atoms. The van der Waals surface area contributed by atoms with E-state index in [1.807, 2.05) is 0 Å². The second kappa shape index (κ2) is 5.82. The van der Waals surface area contributed by atoms with E-state index in [1.165, 1.54) is 12.3 Å². The smallest absolute Gasteiger partial charge is 0.243 e. The number of hydrogen-bond donors (Lipinski definition) is 1. The lowest BCUT2D eigenvalue weighted by atomic mass is 10.2. The van der Waals surface area contributed by atoms with Crippen LogP contribution in [0.15, 0.2) is 41.6 Å². The molecule has 0 amide bonds. The zero-order chi connectivity index (χ0) is 14.8. The molecular formula is C12H9ClF2N2O2S. The lowest BCUT2D eigenvalue weighted by Crippen LogP contribution is -2.24. The summed E-state index contributed by atoms with van der Waals surface area (Å²) in [5.74, 6) is -1.56. The van der Waals surface area contributed by atoms with Gasteiger partial charge in [0.05, 0.1) is 5.02 Å². The van der Waals surface area contributed by atoms with Crippen molar-refractivity contribution in [2.24, 2.45) is 0 Å². The molecule has 0 radical (unpaired) electrons. The van der Waals surface area contributed by atoms with E-state index in [9.17, 15) is 17.2 Å². The molecule has 0 fully saturated rings. The van der Waals surface area contributed by atoms with Crippen LogP contribution in [-0.2, 0) is 16.6 Å². The maximum absolute atomic E-state index is 13.4. The third kappa shape index (κ3) is 3.30. The van der Waals surface area contributed by atoms with E-state index in [4.69, 9.17) is 11.6 Å². The normalized spacial score (nSPS) is 11.6. The Morgan fingerprint density at radius 1 is 1.25 bits per heavy atom. The average molecular weight is 319 g/mol. The van der Waals surface area contributed by atoms with Crippen molar-refractivity contribution >= 4 is 21.6 Å². The van der Waals surface area contributed by atoms with Gasteiger partial charge in [-0.3, -0.25) is 4.98 Å². The van der Waals surface area contributed by atoms with Crippen LogP contribution in [0.1, 0.15) is 5.56 Å². The second-order valence-corrected chi connectivity index (χ2v) is 6.01. The Morgan fingerprint density at radius 2 is 2.00 bits per heavy atom. The van der Waals surface area contributed by atoms with Crippen molar-refractivity contribution < 1.29 is 17.2 Å². The maximum atomic E-state index is 13.4. The van der Waals surface area contributed by atoms with Crippen LogP contribution in [0.3, 0.4) is 0 Å². The maximum Gasteiger partial charge on any atom is 0.243 e. The minimum Gasteiger partial charge on any atom is -0.263 e. The number of pyridine rings is 1. The van der Waals surface area contributed by atoms with Crippen molar-refractivity contribution in [1.29, 1.82) is 0 Å². The molecule has 1 aromatic carbocycles. The molecule has 20 heavy (non-hydrogen) atoms. The molecule has 8 heteroatoms. The van der Waals surface area contributed by atoms with Crippen molar-refractivity contribution in [3.8, 4) is 0 Å². The predicted octanol–water partition coefficient (Wildman–Crippen LogP) is 2.49. The van der Waals surface area contributed by atoms with Gasteiger partial charge in [0, 0.05) is 30.6 Å². The van der Waals surface area contributed by atoms with Crippen LogP contribution >= 0.6 is 11.6 Å². The SMILES string of the molecule is O=S(=O)(NCc1ccc(F)cc1F)c1cnccc1Cl. The summed E-state index contributed by atoms with van der Waals surface area (Å²) in [5.41, 5.74) is 0.0231. The minimum absolute atomic E-state index is 0.00655. The summed E-state index contributed by atoms with van der Waals surface area (Å²) in [4.78, 5) is 3.46. The minimum atomic E-state index is -3.92. The lowest BCUT2D eigenvalue weighted by Gasteiger charge is -2.08. The molecule has 4 nitrogen and oxygen atoms in total. The number of nitrogens with zero attached hydrogens (tertiary/aromatic N) is 1. The van der Waals surface area contributed by atoms with E-state index in [0.29, 0.717) is 6.07 Å². The first-order chi connectivity index (χ1) is 9.40. The quantitative estimate of drug-likeness (QED) is 0.942. The molecule has 0 saturated carbocycles. The first kappa shape index (κ1) is 14.8. The Balaban J connectivity index is 2.20. The molecule has 2 rings (SSSR count). The number of sulfonamides is 1. The van der Waals surface area contributed by atoms with Gasteiger partial charge in [0.1, 0.15) is 16.5 Å². The summed E-state index contributed by atoms with van der Waals surface area (Å²) in [6, 6.07) is 4.22. The summed E-state index contributed by atoms with van der Waals surface area (Å²) in [7, 11) is -3.92. The van der Waals surface area contributed by atoms with Crippen LogP contribution in [0.4, 0.5) is 8.78 Å². The van der Waals surface area contributed by atoms with Crippen LogP contribution in [0, 0.1) is 11.6 Å². The Hall–Kier alpha value is -1.57. The number of halogens is 3. The van der Waals surface area contributed by atoms with Gasteiger partial charge in [-0.1, -0.05) is 17.7 Å². The Morgan fingerprint density at radius 3 is 2.65 bits per heavy atom. The van der Waals surface area contributed by atoms with Gasteiger partial charge in [0.2, 0.25) is 10.0 Å². The Bertz CT molecular complexity index is 738. The van der Waals surface area contributed by atoms with Gasteiger partial charge in [-0.05, 0) is 12.1 Å². The van der Waals surface area contributed by atoms with E-state index >= 15 is 0 Å². The molecule has 0 atom stereocenters. The van der Waals surface area contributed by atoms with E-state index in [0.717, 1.165) is 18.3 Å². The highest BCUT2D eigenvalue weighted by Gasteiger charge is 2.18. The largest absolute Gasteiger partial charge is 0.263 e. The molecule has 0 unspecified atom stereocenters. The summed E-state index contributed by atoms with van der Waals surface area (Å²) in [6.45, 7) is -0.320. The first-order valence-electron chi connectivity index (χ1n) is 5.43. The predicted molar refractivity (Wildman–Crippen MR) is 69.6 cm³/mol. The standard InChI is InChI=1S/C12H9ClF2N2O2S/c13-10-3-4-16-7-12(10)20(18,19)17-6-8-1-2-9(14)5-11(8)15/h1-5,7,17H,6H2. The summed E-state index contributed by atoms with van der Waals surface area (Å²) >= 11 is 5.76. The molecule has 1 heterocycles. The van der Waals surface area contributed by atoms with E-state index in [2.05, 4.69) is 9.71 Å². The monoisotopic (exact) mass is 318 g/mol. The molecule has 2 aromatic rings. The van der Waals surface area contributed by atoms with Crippen LogP contribution < -0.4 is 4.72 Å². The summed E-state index contributed by atoms with van der Waals surface area (Å²) in [5, 5.41) is 0.00655. The fourth-order valence-electron chi connectivity index (χ4n) is 1.48. The number of aromatic nitrogens is 1. The van der Waals surface area contributed by atoms with Gasteiger partial charge in [-0.25, -0.2) is 21.9 Å². The molecule has 0 aliphatic rings. The third-order valence-electron chi connectivity index (χ3n) is 2.49. The van der Waals surface area contributed by atoms with Gasteiger partial charge < -0.3 is 0 Å². The molecule has 106 valence electrons. The lowest BCUT2D eigenvalue weighted by molar-refractivity contribution is 0.562. The highest BCUT2D eigenvalue weighted by Crippen LogP contribution is 2.19. The topological polar surface area (TPSA) is 59.1 Å². The van der Waals surface area contributed by atoms with Gasteiger partial charge >= 0.3 is 0 Å². The number of hydrogen-bond acceptors (Lipinski definition) is 3. The summed E-state index contributed by atoms with van der Waals surface area (Å²) < 4.78 is 52.3. The van der Waals surface area contributed by atoms with Gasteiger partial charge in [-0.2, -0.15) is 0 Å². The molecule has 0 aliphatic carbocycles. The zero-order valence-corrected chi connectivity index (χ0v) is 11.5. The van der Waals surface area contributed by atoms with Gasteiger partial charge in [-0.15, -0.1) is 0 Å². The fraction of sp³-hybridized carbons (Fsp3) is 0.0833. The van der Waals surface area contributed by atoms with Crippen molar-refractivity contribution in [1.82, 2.24) is 9.71 Å². The van der Waals surface area contributed by atoms with Crippen LogP contribution in [0.2, 0.25) is 5.02 Å². The van der Waals surface area contributed by atoms with Crippen molar-refractivity contribution in [2.45, 2.75) is 11.4 Å². The Kier molecular flexibility index (Phi) is 4.32. The first-order valence-corrected chi connectivity index (χ1v) is 7.29. The highest BCUT2D eigenvalue weighted by molar-refractivity contribution is 7.89. The molecule has 1 N–H and O–H groups in total. The average Bonchev–Trinajstić information content (AvgIpc) is 2.38. The summed E-state index contributed by atoms with van der Waals surface area (Å²) in [6.07, 6.45) is 2.44. The van der Waals surface area contributed by atoms with Gasteiger partial charge in [0.25, 0.3) is 0 Å². The molecule has 0 saturated heterocycles. The number of benzene rings is 1. The fourth-order valence-corrected chi connectivity index (χ4v) is 2.91. The van der Waals surface area contributed by atoms with Gasteiger partial charge in [0.15, 0.2) is 0 Å². The van der Waals surface area contributed by atoms with Crippen LogP contribution in [0.5, 0.6) is 0 Å². The Labute approximate surface area is 119 Å².